The summed E-state index contributed by atoms with van der Waals surface area (Å²) >= 11 is 0. The second-order valence-corrected chi connectivity index (χ2v) is 11.4. The van der Waals surface area contributed by atoms with E-state index in [1.54, 1.807) is 0 Å². The van der Waals surface area contributed by atoms with Crippen LogP contribution in [0.15, 0.2) is 90.7 Å². The molecule has 3 aromatic rings. The van der Waals surface area contributed by atoms with E-state index in [1.807, 2.05) is 0 Å². The summed E-state index contributed by atoms with van der Waals surface area (Å²) in [6.07, 6.45) is 13.6. The summed E-state index contributed by atoms with van der Waals surface area (Å²) in [4.78, 5) is 2.40. The lowest BCUT2D eigenvalue weighted by atomic mass is 9.76. The van der Waals surface area contributed by atoms with Crippen molar-refractivity contribution in [2.24, 2.45) is 0 Å². The number of hydrogen-bond acceptors (Lipinski definition) is 1. The molecule has 0 aliphatic carbocycles. The van der Waals surface area contributed by atoms with Crippen molar-refractivity contribution in [3.8, 4) is 0 Å². The second-order valence-electron chi connectivity index (χ2n) is 11.4. The maximum Gasteiger partial charge on any atom is 0.209 e. The van der Waals surface area contributed by atoms with E-state index in [1.165, 1.54) is 50.2 Å². The number of rotatable bonds is 6. The topological polar surface area (TPSA) is 6.25 Å². The van der Waals surface area contributed by atoms with Crippen molar-refractivity contribution in [3.05, 3.63) is 107 Å². The van der Waals surface area contributed by atoms with Crippen LogP contribution in [0.2, 0.25) is 0 Å². The Morgan fingerprint density at radius 3 is 2.54 bits per heavy atom. The minimum absolute atomic E-state index is 0.0273. The number of hydrogen-bond donors (Lipinski definition) is 0. The summed E-state index contributed by atoms with van der Waals surface area (Å²) < 4.78 is 2.53. The van der Waals surface area contributed by atoms with Crippen LogP contribution in [0.4, 0.5) is 11.4 Å². The molecule has 2 heteroatoms. The molecule has 2 nitrogen and oxygen atoms in total. The van der Waals surface area contributed by atoms with Gasteiger partial charge in [-0.05, 0) is 75.6 Å². The van der Waals surface area contributed by atoms with Gasteiger partial charge in [0.1, 0.15) is 6.54 Å². The molecule has 0 N–H and O–H groups in total. The van der Waals surface area contributed by atoms with Gasteiger partial charge in [-0.1, -0.05) is 67.1 Å². The molecule has 190 valence electrons. The standard InChI is InChI=1S/C35H41N2/c1-8-10-22-35(6)32(36(7)30-21-19-26-14-11-12-15-27(26)33(30)35)17-13-16-31-34(4,5)28-24-25(3)18-20-29(28)37(31)23-9-2/h8,10-21,24H,9,22-23H2,1-7H3/q+1. The Morgan fingerprint density at radius 2 is 1.78 bits per heavy atom. The third-order valence-electron chi connectivity index (χ3n) is 8.51. The van der Waals surface area contributed by atoms with Crippen molar-refractivity contribution in [2.75, 3.05) is 18.5 Å². The molecule has 1 atom stereocenters. The third kappa shape index (κ3) is 3.98. The summed E-state index contributed by atoms with van der Waals surface area (Å²) in [5.41, 5.74) is 9.48. The molecule has 0 radical (unpaired) electrons. The quantitative estimate of drug-likeness (QED) is 0.248. The van der Waals surface area contributed by atoms with E-state index >= 15 is 0 Å². The van der Waals surface area contributed by atoms with Crippen LogP contribution < -0.4 is 4.90 Å². The number of likely N-dealkylation sites (N-methyl/N-ethyl adjacent to an activating group) is 1. The molecule has 0 amide bonds. The third-order valence-corrected chi connectivity index (χ3v) is 8.51. The molecule has 2 heterocycles. The average Bonchev–Trinajstić information content (AvgIpc) is 3.23. The number of fused-ring (bicyclic) bond motifs is 4. The van der Waals surface area contributed by atoms with Crippen LogP contribution in [0.1, 0.15) is 64.2 Å². The van der Waals surface area contributed by atoms with E-state index in [0.717, 1.165) is 19.4 Å². The van der Waals surface area contributed by atoms with Crippen LogP contribution in [0.25, 0.3) is 10.8 Å². The van der Waals surface area contributed by atoms with E-state index in [9.17, 15) is 0 Å². The van der Waals surface area contributed by atoms with Crippen LogP contribution in [0, 0.1) is 6.92 Å². The molecule has 0 spiro atoms. The second kappa shape index (κ2) is 9.49. The van der Waals surface area contributed by atoms with Crippen molar-refractivity contribution in [3.63, 3.8) is 0 Å². The van der Waals surface area contributed by atoms with Crippen molar-refractivity contribution < 1.29 is 4.58 Å². The van der Waals surface area contributed by atoms with Gasteiger partial charge in [-0.25, -0.2) is 0 Å². The molecule has 37 heavy (non-hydrogen) atoms. The zero-order chi connectivity index (χ0) is 26.4. The molecule has 2 aliphatic heterocycles. The minimum atomic E-state index is -0.0964. The first-order valence-electron chi connectivity index (χ1n) is 13.8. The van der Waals surface area contributed by atoms with Crippen LogP contribution in [0.3, 0.4) is 0 Å². The highest BCUT2D eigenvalue weighted by atomic mass is 15.2. The molecule has 0 aromatic heterocycles. The van der Waals surface area contributed by atoms with Crippen molar-refractivity contribution >= 4 is 27.9 Å². The van der Waals surface area contributed by atoms with Crippen molar-refractivity contribution in [1.82, 2.24) is 0 Å². The zero-order valence-electron chi connectivity index (χ0n) is 23.6. The van der Waals surface area contributed by atoms with Crippen LogP contribution in [-0.4, -0.2) is 23.9 Å². The highest BCUT2D eigenvalue weighted by Gasteiger charge is 2.45. The highest BCUT2D eigenvalue weighted by molar-refractivity contribution is 6.03. The Bertz CT molecular complexity index is 1480. The van der Waals surface area contributed by atoms with Gasteiger partial charge in [0.25, 0.3) is 0 Å². The van der Waals surface area contributed by atoms with E-state index in [0.29, 0.717) is 0 Å². The molecule has 5 rings (SSSR count). The molecule has 0 saturated carbocycles. The first kappa shape index (κ1) is 25.3. The molecule has 0 fully saturated rings. The minimum Gasteiger partial charge on any atom is -0.347 e. The van der Waals surface area contributed by atoms with Gasteiger partial charge >= 0.3 is 0 Å². The molecule has 1 unspecified atom stereocenters. The van der Waals surface area contributed by atoms with Crippen molar-refractivity contribution in [1.29, 1.82) is 0 Å². The SMILES string of the molecule is CC=CCC1(C)C(=CC=CC2=[N+](CCC)c3ccc(C)cc3C2(C)C)N(C)c2ccc3ccccc3c21. The van der Waals surface area contributed by atoms with Gasteiger partial charge in [0.15, 0.2) is 5.71 Å². The summed E-state index contributed by atoms with van der Waals surface area (Å²) in [5, 5.41) is 2.67. The predicted molar refractivity (Wildman–Crippen MR) is 161 cm³/mol. The maximum absolute atomic E-state index is 2.53. The van der Waals surface area contributed by atoms with E-state index in [2.05, 4.69) is 143 Å². The summed E-state index contributed by atoms with van der Waals surface area (Å²) in [6, 6.07) is 20.3. The number of nitrogens with zero attached hydrogens (tertiary/aromatic N) is 2. The number of benzene rings is 3. The molecule has 2 aliphatic rings. The van der Waals surface area contributed by atoms with Crippen LogP contribution in [-0.2, 0) is 10.8 Å². The zero-order valence-corrected chi connectivity index (χ0v) is 23.6. The van der Waals surface area contributed by atoms with Gasteiger partial charge < -0.3 is 4.90 Å². The largest absolute Gasteiger partial charge is 0.347 e. The summed E-state index contributed by atoms with van der Waals surface area (Å²) in [5.74, 6) is 0. The van der Waals surface area contributed by atoms with E-state index < -0.39 is 0 Å². The number of aryl methyl sites for hydroxylation is 1. The van der Waals surface area contributed by atoms with Gasteiger partial charge in [-0.15, -0.1) is 0 Å². The Kier molecular flexibility index (Phi) is 6.48. The lowest BCUT2D eigenvalue weighted by Crippen LogP contribution is -2.28. The fraction of sp³-hybridized carbons (Fsp3) is 0.343. The average molecular weight is 490 g/mol. The molecule has 0 saturated heterocycles. The lowest BCUT2D eigenvalue weighted by molar-refractivity contribution is -0.437. The van der Waals surface area contributed by atoms with Crippen LogP contribution >= 0.6 is 0 Å². The van der Waals surface area contributed by atoms with E-state index in [4.69, 9.17) is 0 Å². The van der Waals surface area contributed by atoms with Gasteiger partial charge in [-0.3, -0.25) is 0 Å². The van der Waals surface area contributed by atoms with Crippen LogP contribution in [0.5, 0.6) is 0 Å². The number of allylic oxidation sites excluding steroid dienone is 6. The Morgan fingerprint density at radius 1 is 1.00 bits per heavy atom. The first-order chi connectivity index (χ1) is 17.7. The van der Waals surface area contributed by atoms with Gasteiger partial charge in [0, 0.05) is 48.0 Å². The maximum atomic E-state index is 2.53. The molecule has 3 aromatic carbocycles. The Balaban J connectivity index is 1.62. The van der Waals surface area contributed by atoms with Gasteiger partial charge in [0.05, 0.1) is 5.41 Å². The molecular formula is C35H41N2+. The summed E-state index contributed by atoms with van der Waals surface area (Å²) in [6.45, 7) is 14.8. The van der Waals surface area contributed by atoms with Gasteiger partial charge in [-0.2, -0.15) is 4.58 Å². The lowest BCUT2D eigenvalue weighted by Gasteiger charge is -2.28. The fourth-order valence-corrected chi connectivity index (χ4v) is 6.59. The first-order valence-corrected chi connectivity index (χ1v) is 13.8. The highest BCUT2D eigenvalue weighted by Crippen LogP contribution is 2.52. The monoisotopic (exact) mass is 489 g/mol. The molecule has 0 bridgehead atoms. The van der Waals surface area contributed by atoms with E-state index in [-0.39, 0.29) is 10.8 Å². The summed E-state index contributed by atoms with van der Waals surface area (Å²) in [7, 11) is 2.23. The predicted octanol–water partition coefficient (Wildman–Crippen LogP) is 8.75. The van der Waals surface area contributed by atoms with Crippen molar-refractivity contribution in [2.45, 2.75) is 65.2 Å². The normalized spacial score (nSPS) is 21.7. The number of anilines is 1. The Labute approximate surface area is 223 Å². The Hall–Kier alpha value is -3.39. The van der Waals surface area contributed by atoms with Gasteiger partial charge in [0.2, 0.25) is 5.69 Å². The fourth-order valence-electron chi connectivity index (χ4n) is 6.59. The smallest absolute Gasteiger partial charge is 0.209 e. The molecular weight excluding hydrogens is 448 g/mol.